The number of hydrogen-bond donors (Lipinski definition) is 0. The molecule has 96 valence electrons. The summed E-state index contributed by atoms with van der Waals surface area (Å²) in [6.07, 6.45) is 1.66. The zero-order chi connectivity index (χ0) is 13.1. The lowest BCUT2D eigenvalue weighted by Crippen LogP contribution is -1.92. The number of rotatable bonds is 4. The van der Waals surface area contributed by atoms with Crippen LogP contribution in [-0.2, 0) is 12.8 Å². The van der Waals surface area contributed by atoms with Gasteiger partial charge in [-0.25, -0.2) is 4.39 Å². The van der Waals surface area contributed by atoms with Crippen LogP contribution in [0.5, 0.6) is 0 Å². The smallest absolute Gasteiger partial charge is 0.128 e. The summed E-state index contributed by atoms with van der Waals surface area (Å²) in [6.45, 7) is 4.40. The van der Waals surface area contributed by atoms with Gasteiger partial charge in [-0.3, -0.25) is 0 Å². The Morgan fingerprint density at radius 3 is 2.56 bits per heavy atom. The molecule has 0 fully saturated rings. The Hall–Kier alpha value is -0.860. The molecule has 1 heterocycles. The van der Waals surface area contributed by atoms with Crippen molar-refractivity contribution in [2.24, 2.45) is 5.92 Å². The van der Waals surface area contributed by atoms with E-state index < -0.39 is 0 Å². The van der Waals surface area contributed by atoms with Crippen LogP contribution in [0.3, 0.4) is 0 Å². The van der Waals surface area contributed by atoms with Crippen molar-refractivity contribution in [2.45, 2.75) is 26.7 Å². The van der Waals surface area contributed by atoms with E-state index in [1.54, 1.807) is 23.5 Å². The predicted octanol–water partition coefficient (Wildman–Crippen LogP) is 5.33. The first kappa shape index (κ1) is 13.6. The summed E-state index contributed by atoms with van der Waals surface area (Å²) < 4.78 is 13.7. The minimum atomic E-state index is -0.221. The van der Waals surface area contributed by atoms with Crippen LogP contribution in [0.4, 0.5) is 4.39 Å². The zero-order valence-corrected chi connectivity index (χ0v) is 12.1. The highest BCUT2D eigenvalue weighted by Gasteiger charge is 2.10. The van der Waals surface area contributed by atoms with Gasteiger partial charge in [0.25, 0.3) is 0 Å². The molecule has 3 heteroatoms. The van der Waals surface area contributed by atoms with Crippen molar-refractivity contribution in [1.29, 1.82) is 0 Å². The summed E-state index contributed by atoms with van der Waals surface area (Å²) in [4.78, 5) is 2.52. The molecule has 0 saturated heterocycles. The highest BCUT2D eigenvalue weighted by molar-refractivity contribution is 7.12. The fourth-order valence-corrected chi connectivity index (χ4v) is 3.38. The van der Waals surface area contributed by atoms with Gasteiger partial charge in [-0.2, -0.15) is 0 Å². The molecule has 0 unspecified atom stereocenters. The Morgan fingerprint density at radius 2 is 1.89 bits per heavy atom. The summed E-state index contributed by atoms with van der Waals surface area (Å²) in [5.41, 5.74) is 0.595. The lowest BCUT2D eigenvalue weighted by Gasteiger charge is -2.04. The van der Waals surface area contributed by atoms with Crippen LogP contribution in [0.1, 0.15) is 29.2 Å². The molecule has 0 aliphatic carbocycles. The minimum absolute atomic E-state index is 0.221. The number of benzene rings is 1. The fourth-order valence-electron chi connectivity index (χ4n) is 1.90. The topological polar surface area (TPSA) is 0 Å². The molecular weight excluding hydrogens is 267 g/mol. The van der Waals surface area contributed by atoms with Crippen LogP contribution >= 0.6 is 22.9 Å². The molecule has 2 aromatic rings. The molecule has 0 atom stereocenters. The molecule has 0 saturated carbocycles. The molecule has 1 aromatic carbocycles. The Balaban J connectivity index is 2.16. The zero-order valence-electron chi connectivity index (χ0n) is 10.5. The largest absolute Gasteiger partial charge is 0.207 e. The maximum absolute atomic E-state index is 13.7. The molecule has 0 spiro atoms. The van der Waals surface area contributed by atoms with Gasteiger partial charge in [-0.1, -0.05) is 31.5 Å². The molecule has 0 aliphatic rings. The Labute approximate surface area is 116 Å². The van der Waals surface area contributed by atoms with Crippen LogP contribution in [0.15, 0.2) is 30.3 Å². The fraction of sp³-hybridized carbons (Fsp3) is 0.333. The maximum atomic E-state index is 13.7. The molecule has 2 rings (SSSR count). The number of hydrogen-bond acceptors (Lipinski definition) is 1. The molecule has 0 bridgehead atoms. The molecule has 0 nitrogen and oxygen atoms in total. The molecule has 0 N–H and O–H groups in total. The first-order valence-corrected chi connectivity index (χ1v) is 7.26. The highest BCUT2D eigenvalue weighted by Crippen LogP contribution is 2.26. The second-order valence-electron chi connectivity index (χ2n) is 4.84. The Bertz CT molecular complexity index is 511. The standard InChI is InChI=1S/C15H16ClFS/c1-10(2)8-11-6-7-12(18-11)9-13-14(16)4-3-5-15(13)17/h3-7,10H,8-9H2,1-2H3. The third-order valence-corrected chi connectivity index (χ3v) is 4.20. The van der Waals surface area contributed by atoms with Crippen molar-refractivity contribution in [3.8, 4) is 0 Å². The maximum Gasteiger partial charge on any atom is 0.128 e. The highest BCUT2D eigenvalue weighted by atomic mass is 35.5. The van der Waals surface area contributed by atoms with Gasteiger partial charge >= 0.3 is 0 Å². The van der Waals surface area contributed by atoms with Crippen molar-refractivity contribution >= 4 is 22.9 Å². The van der Waals surface area contributed by atoms with Gasteiger partial charge in [-0.15, -0.1) is 11.3 Å². The van der Waals surface area contributed by atoms with E-state index in [2.05, 4.69) is 26.0 Å². The molecule has 0 radical (unpaired) electrons. The lowest BCUT2D eigenvalue weighted by atomic mass is 10.1. The summed E-state index contributed by atoms with van der Waals surface area (Å²) in [6, 6.07) is 9.05. The number of halogens is 2. The molecule has 0 amide bonds. The average molecular weight is 283 g/mol. The van der Waals surface area contributed by atoms with Crippen LogP contribution in [0, 0.1) is 11.7 Å². The van der Waals surface area contributed by atoms with Crippen molar-refractivity contribution in [1.82, 2.24) is 0 Å². The second-order valence-corrected chi connectivity index (χ2v) is 6.50. The molecule has 0 aliphatic heterocycles. The monoisotopic (exact) mass is 282 g/mol. The lowest BCUT2D eigenvalue weighted by molar-refractivity contribution is 0.614. The van der Waals surface area contributed by atoms with E-state index in [0.29, 0.717) is 22.9 Å². The van der Waals surface area contributed by atoms with E-state index in [-0.39, 0.29) is 5.82 Å². The normalized spacial score (nSPS) is 11.2. The summed E-state index contributed by atoms with van der Waals surface area (Å²) in [7, 11) is 0. The minimum Gasteiger partial charge on any atom is -0.207 e. The molecule has 18 heavy (non-hydrogen) atoms. The van der Waals surface area contributed by atoms with E-state index in [0.717, 1.165) is 11.3 Å². The van der Waals surface area contributed by atoms with Crippen LogP contribution in [0.2, 0.25) is 5.02 Å². The van der Waals surface area contributed by atoms with Crippen LogP contribution in [0.25, 0.3) is 0 Å². The van der Waals surface area contributed by atoms with Crippen molar-refractivity contribution in [3.05, 3.63) is 56.5 Å². The predicted molar refractivity (Wildman–Crippen MR) is 77.1 cm³/mol. The van der Waals surface area contributed by atoms with E-state index in [9.17, 15) is 4.39 Å². The van der Waals surface area contributed by atoms with Gasteiger partial charge in [0, 0.05) is 26.8 Å². The number of thiophene rings is 1. The van der Waals surface area contributed by atoms with Gasteiger partial charge in [0.1, 0.15) is 5.82 Å². The van der Waals surface area contributed by atoms with Gasteiger partial charge in [0.15, 0.2) is 0 Å². The van der Waals surface area contributed by atoms with Crippen LogP contribution in [-0.4, -0.2) is 0 Å². The SMILES string of the molecule is CC(C)Cc1ccc(Cc2c(F)cccc2Cl)s1. The van der Waals surface area contributed by atoms with Crippen molar-refractivity contribution < 1.29 is 4.39 Å². The van der Waals surface area contributed by atoms with E-state index >= 15 is 0 Å². The Kier molecular flexibility index (Phi) is 4.41. The third-order valence-electron chi connectivity index (χ3n) is 2.74. The molecular formula is C15H16ClFS. The summed E-state index contributed by atoms with van der Waals surface area (Å²) in [5.74, 6) is 0.426. The quantitative estimate of drug-likeness (QED) is 0.711. The van der Waals surface area contributed by atoms with Gasteiger partial charge in [-0.05, 0) is 36.6 Å². The molecule has 1 aromatic heterocycles. The van der Waals surface area contributed by atoms with Gasteiger partial charge in [0.05, 0.1) is 0 Å². The van der Waals surface area contributed by atoms with E-state index in [4.69, 9.17) is 11.6 Å². The van der Waals surface area contributed by atoms with E-state index in [1.807, 2.05) is 0 Å². The first-order chi connectivity index (χ1) is 8.56. The third kappa shape index (κ3) is 3.33. The van der Waals surface area contributed by atoms with E-state index in [1.165, 1.54) is 10.9 Å². The van der Waals surface area contributed by atoms with Crippen LogP contribution < -0.4 is 0 Å². The van der Waals surface area contributed by atoms with Gasteiger partial charge in [0.2, 0.25) is 0 Å². The Morgan fingerprint density at radius 1 is 1.17 bits per heavy atom. The average Bonchev–Trinajstić information content (AvgIpc) is 2.70. The van der Waals surface area contributed by atoms with Crippen molar-refractivity contribution in [2.75, 3.05) is 0 Å². The summed E-state index contributed by atoms with van der Waals surface area (Å²) in [5, 5.41) is 0.508. The van der Waals surface area contributed by atoms with Crippen molar-refractivity contribution in [3.63, 3.8) is 0 Å². The summed E-state index contributed by atoms with van der Waals surface area (Å²) >= 11 is 7.78. The van der Waals surface area contributed by atoms with Gasteiger partial charge < -0.3 is 0 Å². The first-order valence-electron chi connectivity index (χ1n) is 6.06. The second kappa shape index (κ2) is 5.85.